The minimum absolute atomic E-state index is 0.0617. The minimum Gasteiger partial charge on any atom is -0.357 e. The van der Waals surface area contributed by atoms with E-state index in [2.05, 4.69) is 39.1 Å². The van der Waals surface area contributed by atoms with E-state index in [1.165, 1.54) is 22.2 Å². The van der Waals surface area contributed by atoms with Crippen molar-refractivity contribution in [1.82, 2.24) is 14.9 Å². The van der Waals surface area contributed by atoms with Gasteiger partial charge in [-0.15, -0.1) is 0 Å². The van der Waals surface area contributed by atoms with E-state index in [9.17, 15) is 4.79 Å². The van der Waals surface area contributed by atoms with Crippen molar-refractivity contribution in [3.05, 3.63) is 59.9 Å². The highest BCUT2D eigenvalue weighted by Crippen LogP contribution is 2.29. The maximum Gasteiger partial charge on any atom is 0.227 e. The van der Waals surface area contributed by atoms with E-state index in [0.29, 0.717) is 12.5 Å². The summed E-state index contributed by atoms with van der Waals surface area (Å²) in [7, 11) is 0. The predicted octanol–water partition coefficient (Wildman–Crippen LogP) is 3.36. The first kappa shape index (κ1) is 16.4. The minimum atomic E-state index is 0.0617. The van der Waals surface area contributed by atoms with Crippen LogP contribution in [0.25, 0.3) is 10.9 Å². The smallest absolute Gasteiger partial charge is 0.227 e. The maximum absolute atomic E-state index is 13.2. The van der Waals surface area contributed by atoms with Crippen LogP contribution in [0.15, 0.2) is 48.7 Å². The number of nitrogens with zero attached hydrogens (tertiary/aromatic N) is 3. The van der Waals surface area contributed by atoms with Crippen molar-refractivity contribution in [3.8, 4) is 0 Å². The van der Waals surface area contributed by atoms with Crippen molar-refractivity contribution in [3.63, 3.8) is 0 Å². The number of carbonyl (C=O) groups is 1. The summed E-state index contributed by atoms with van der Waals surface area (Å²) in [6.07, 6.45) is 4.77. The molecule has 5 heteroatoms. The van der Waals surface area contributed by atoms with Gasteiger partial charge in [0.1, 0.15) is 5.82 Å². The van der Waals surface area contributed by atoms with E-state index in [0.717, 1.165) is 44.7 Å². The number of hydrogen-bond donors (Lipinski definition) is 1. The zero-order chi connectivity index (χ0) is 18.2. The number of anilines is 1. The van der Waals surface area contributed by atoms with Crippen LogP contribution in [0.3, 0.4) is 0 Å². The van der Waals surface area contributed by atoms with Gasteiger partial charge in [0.15, 0.2) is 0 Å². The van der Waals surface area contributed by atoms with Gasteiger partial charge in [-0.3, -0.25) is 4.79 Å². The lowest BCUT2D eigenvalue weighted by molar-refractivity contribution is -0.136. The normalized spacial score (nSPS) is 19.9. The van der Waals surface area contributed by atoms with Gasteiger partial charge in [0.05, 0.1) is 12.5 Å². The fourth-order valence-electron chi connectivity index (χ4n) is 4.57. The first-order valence-corrected chi connectivity index (χ1v) is 9.83. The van der Waals surface area contributed by atoms with Gasteiger partial charge in [0.2, 0.25) is 5.91 Å². The van der Waals surface area contributed by atoms with Crippen molar-refractivity contribution in [1.29, 1.82) is 0 Å². The molecule has 27 heavy (non-hydrogen) atoms. The van der Waals surface area contributed by atoms with Crippen LogP contribution in [0.5, 0.6) is 0 Å². The lowest BCUT2D eigenvalue weighted by Gasteiger charge is -2.36. The van der Waals surface area contributed by atoms with Gasteiger partial charge < -0.3 is 14.8 Å². The second kappa shape index (κ2) is 6.72. The Morgan fingerprint density at radius 2 is 2.00 bits per heavy atom. The summed E-state index contributed by atoms with van der Waals surface area (Å²) in [5.41, 5.74) is 3.76. The molecule has 1 fully saturated rings. The topological polar surface area (TPSA) is 52.2 Å². The lowest BCUT2D eigenvalue weighted by atomic mass is 9.95. The molecule has 4 heterocycles. The molecule has 0 saturated carbocycles. The number of para-hydroxylation sites is 1. The van der Waals surface area contributed by atoms with Crippen LogP contribution in [0.2, 0.25) is 0 Å². The van der Waals surface area contributed by atoms with Crippen LogP contribution in [0, 0.1) is 5.92 Å². The van der Waals surface area contributed by atoms with Crippen molar-refractivity contribution in [2.45, 2.75) is 25.8 Å². The van der Waals surface area contributed by atoms with Gasteiger partial charge >= 0.3 is 0 Å². The summed E-state index contributed by atoms with van der Waals surface area (Å²) >= 11 is 0. The van der Waals surface area contributed by atoms with Gasteiger partial charge in [0, 0.05) is 42.4 Å². The van der Waals surface area contributed by atoms with Gasteiger partial charge in [-0.05, 0) is 43.0 Å². The summed E-state index contributed by atoms with van der Waals surface area (Å²) in [4.78, 5) is 25.5. The molecule has 0 aliphatic carbocycles. The molecule has 2 aliphatic rings. The number of hydrogen-bond acceptors (Lipinski definition) is 3. The molecular weight excluding hydrogens is 336 g/mol. The van der Waals surface area contributed by atoms with Gasteiger partial charge in [-0.25, -0.2) is 4.98 Å². The highest BCUT2D eigenvalue weighted by Gasteiger charge is 2.32. The van der Waals surface area contributed by atoms with Crippen LogP contribution in [0.1, 0.15) is 24.1 Å². The number of carbonyl (C=O) groups excluding carboxylic acids is 1. The number of nitrogens with one attached hydrogen (secondary N) is 1. The number of rotatable bonds is 2. The number of fused-ring (bicyclic) bond motifs is 3. The summed E-state index contributed by atoms with van der Waals surface area (Å²) in [6.45, 7) is 3.26. The van der Waals surface area contributed by atoms with Crippen LogP contribution < -0.4 is 4.90 Å². The van der Waals surface area contributed by atoms with Crippen LogP contribution >= 0.6 is 0 Å². The van der Waals surface area contributed by atoms with Gasteiger partial charge in [0.25, 0.3) is 0 Å². The summed E-state index contributed by atoms with van der Waals surface area (Å²) in [6, 6.07) is 14.4. The molecule has 1 aromatic carbocycles. The van der Waals surface area contributed by atoms with Crippen molar-refractivity contribution in [2.75, 3.05) is 24.5 Å². The molecule has 1 N–H and O–H groups in total. The molecule has 5 nitrogen and oxygen atoms in total. The molecule has 2 aliphatic heterocycles. The number of amides is 1. The van der Waals surface area contributed by atoms with E-state index in [1.54, 1.807) is 0 Å². The molecule has 0 unspecified atom stereocenters. The van der Waals surface area contributed by atoms with Crippen molar-refractivity contribution >= 4 is 22.6 Å². The van der Waals surface area contributed by atoms with Gasteiger partial charge in [-0.1, -0.05) is 24.3 Å². The maximum atomic E-state index is 13.2. The molecule has 1 saturated heterocycles. The molecule has 3 aromatic rings. The molecule has 0 spiro atoms. The molecule has 2 aromatic heterocycles. The van der Waals surface area contributed by atoms with Crippen molar-refractivity contribution in [2.24, 2.45) is 5.92 Å². The fraction of sp³-hybridized carbons (Fsp3) is 0.364. The Bertz CT molecular complexity index is 965. The average molecular weight is 360 g/mol. The third kappa shape index (κ3) is 2.97. The molecule has 5 rings (SSSR count). The third-order valence-electron chi connectivity index (χ3n) is 5.94. The number of piperidine rings is 1. The number of benzene rings is 1. The Balaban J connectivity index is 1.32. The van der Waals surface area contributed by atoms with Gasteiger partial charge in [-0.2, -0.15) is 0 Å². The Labute approximate surface area is 159 Å². The Morgan fingerprint density at radius 3 is 2.89 bits per heavy atom. The van der Waals surface area contributed by atoms with E-state index >= 15 is 0 Å². The highest BCUT2D eigenvalue weighted by molar-refractivity contribution is 5.86. The monoisotopic (exact) mass is 360 g/mol. The van der Waals surface area contributed by atoms with E-state index in [1.807, 2.05) is 29.3 Å². The highest BCUT2D eigenvalue weighted by atomic mass is 16.2. The molecule has 0 radical (unpaired) electrons. The second-order valence-electron chi connectivity index (χ2n) is 7.61. The standard InChI is InChI=1S/C22H24N4O/c27-22(16-6-5-12-25(14-16)21-9-3-4-11-23-21)26-13-10-18-17-7-1-2-8-19(17)24-20(18)15-26/h1-4,7-9,11,16,24H,5-6,10,12-15H2/t16-/m0/s1. The Morgan fingerprint density at radius 1 is 1.11 bits per heavy atom. The first-order valence-electron chi connectivity index (χ1n) is 9.83. The van der Waals surface area contributed by atoms with E-state index in [-0.39, 0.29) is 5.92 Å². The fourth-order valence-corrected chi connectivity index (χ4v) is 4.57. The number of aromatic nitrogens is 2. The second-order valence-corrected chi connectivity index (χ2v) is 7.61. The van der Waals surface area contributed by atoms with Crippen LogP contribution in [-0.4, -0.2) is 40.4 Å². The zero-order valence-electron chi connectivity index (χ0n) is 15.4. The number of pyridine rings is 1. The molecule has 1 atom stereocenters. The van der Waals surface area contributed by atoms with E-state index in [4.69, 9.17) is 0 Å². The lowest BCUT2D eigenvalue weighted by Crippen LogP contribution is -2.46. The number of aromatic amines is 1. The third-order valence-corrected chi connectivity index (χ3v) is 5.94. The average Bonchev–Trinajstić information content (AvgIpc) is 3.12. The van der Waals surface area contributed by atoms with Crippen LogP contribution in [-0.2, 0) is 17.8 Å². The first-order chi connectivity index (χ1) is 13.3. The van der Waals surface area contributed by atoms with Crippen molar-refractivity contribution < 1.29 is 4.79 Å². The number of H-pyrrole nitrogens is 1. The molecular formula is C22H24N4O. The SMILES string of the molecule is O=C([C@H]1CCCN(c2ccccn2)C1)N1CCc2c([nH]c3ccccc23)C1. The van der Waals surface area contributed by atoms with E-state index < -0.39 is 0 Å². The zero-order valence-corrected chi connectivity index (χ0v) is 15.4. The molecule has 138 valence electrons. The largest absolute Gasteiger partial charge is 0.357 e. The Kier molecular flexibility index (Phi) is 4.07. The summed E-state index contributed by atoms with van der Waals surface area (Å²) in [5.74, 6) is 1.33. The Hall–Kier alpha value is -2.82. The molecule has 1 amide bonds. The summed E-state index contributed by atoms with van der Waals surface area (Å²) < 4.78 is 0. The molecule has 0 bridgehead atoms. The van der Waals surface area contributed by atoms with Crippen LogP contribution in [0.4, 0.5) is 5.82 Å². The quantitative estimate of drug-likeness (QED) is 0.762. The predicted molar refractivity (Wildman–Crippen MR) is 107 cm³/mol. The summed E-state index contributed by atoms with van der Waals surface area (Å²) in [5, 5.41) is 1.30.